The van der Waals surface area contributed by atoms with Gasteiger partial charge in [0, 0.05) is 6.42 Å². The lowest BCUT2D eigenvalue weighted by Crippen LogP contribution is -2.11. The Morgan fingerprint density at radius 3 is 2.56 bits per heavy atom. The Morgan fingerprint density at radius 1 is 1.28 bits per heavy atom. The number of carbonyl (C=O) groups excluding carboxylic acids is 1. The van der Waals surface area contributed by atoms with Gasteiger partial charge in [-0.3, -0.25) is 4.79 Å². The average Bonchev–Trinajstić information content (AvgIpc) is 2.32. The van der Waals surface area contributed by atoms with E-state index in [-0.39, 0.29) is 18.6 Å². The summed E-state index contributed by atoms with van der Waals surface area (Å²) in [7, 11) is 0. The minimum atomic E-state index is -1.07. The van der Waals surface area contributed by atoms with Crippen molar-refractivity contribution in [2.75, 3.05) is 6.61 Å². The third kappa shape index (κ3) is 8.40. The molecule has 0 radical (unpaired) electrons. The molecule has 0 fully saturated rings. The van der Waals surface area contributed by atoms with Crippen LogP contribution >= 0.6 is 0 Å². The number of carboxylic acids is 1. The van der Waals surface area contributed by atoms with Gasteiger partial charge in [0.05, 0.1) is 18.6 Å². The number of esters is 1. The summed E-state index contributed by atoms with van der Waals surface area (Å²) in [6.07, 6.45) is 5.02. The Hall–Kier alpha value is -1.76. The molecule has 1 N–H and O–H groups in total. The van der Waals surface area contributed by atoms with Gasteiger partial charge in [0.15, 0.2) is 0 Å². The van der Waals surface area contributed by atoms with Crippen molar-refractivity contribution in [1.29, 1.82) is 0 Å². The molecule has 0 amide bonds. The van der Waals surface area contributed by atoms with E-state index in [0.29, 0.717) is 0 Å². The van der Waals surface area contributed by atoms with Crippen LogP contribution in [0.1, 0.15) is 46.0 Å². The predicted molar refractivity (Wildman–Crippen MR) is 68.9 cm³/mol. The van der Waals surface area contributed by atoms with Crippen molar-refractivity contribution in [1.82, 2.24) is 0 Å². The van der Waals surface area contributed by atoms with E-state index in [2.05, 4.69) is 18.8 Å². The van der Waals surface area contributed by atoms with E-state index in [1.165, 1.54) is 6.08 Å². The van der Waals surface area contributed by atoms with Crippen LogP contribution in [0.25, 0.3) is 0 Å². The Bertz CT molecular complexity index is 358. The number of carboxylic acid groups (broad SMARTS) is 1. The Morgan fingerprint density at radius 2 is 2.00 bits per heavy atom. The molecule has 0 saturated heterocycles. The van der Waals surface area contributed by atoms with Gasteiger partial charge in [-0.2, -0.15) is 0 Å². The van der Waals surface area contributed by atoms with Crippen LogP contribution in [0.4, 0.5) is 0 Å². The van der Waals surface area contributed by atoms with Crippen LogP contribution in [-0.2, 0) is 14.3 Å². The zero-order valence-electron chi connectivity index (χ0n) is 11.0. The van der Waals surface area contributed by atoms with Gasteiger partial charge in [0.25, 0.3) is 0 Å². The van der Waals surface area contributed by atoms with Gasteiger partial charge in [-0.15, -0.1) is 0 Å². The van der Waals surface area contributed by atoms with Crippen molar-refractivity contribution in [2.24, 2.45) is 0 Å². The van der Waals surface area contributed by atoms with E-state index in [0.717, 1.165) is 25.7 Å². The summed E-state index contributed by atoms with van der Waals surface area (Å²) in [5, 5.41) is 8.68. The summed E-state index contributed by atoms with van der Waals surface area (Å²) >= 11 is 0. The van der Waals surface area contributed by atoms with Gasteiger partial charge in [-0.25, -0.2) is 4.79 Å². The van der Waals surface area contributed by atoms with Gasteiger partial charge in [-0.05, 0) is 19.4 Å². The lowest BCUT2D eigenvalue weighted by molar-refractivity contribution is -0.142. The van der Waals surface area contributed by atoms with E-state index in [1.54, 1.807) is 6.92 Å². The first-order valence-electron chi connectivity index (χ1n) is 6.18. The molecule has 0 atom stereocenters. The lowest BCUT2D eigenvalue weighted by atomic mass is 10.1. The van der Waals surface area contributed by atoms with Crippen molar-refractivity contribution in [2.45, 2.75) is 46.0 Å². The first-order valence-corrected chi connectivity index (χ1v) is 6.18. The molecule has 0 aliphatic rings. The average molecular weight is 252 g/mol. The van der Waals surface area contributed by atoms with E-state index in [1.807, 2.05) is 0 Å². The fourth-order valence-corrected chi connectivity index (χ4v) is 1.24. The highest BCUT2D eigenvalue weighted by molar-refractivity contribution is 5.93. The molecule has 0 aromatic heterocycles. The highest BCUT2D eigenvalue weighted by atomic mass is 16.5. The van der Waals surface area contributed by atoms with E-state index in [9.17, 15) is 9.59 Å². The molecular weight excluding hydrogens is 232 g/mol. The van der Waals surface area contributed by atoms with Gasteiger partial charge in [0.2, 0.25) is 0 Å². The predicted octanol–water partition coefficient (Wildman–Crippen LogP) is 2.53. The number of ether oxygens (including phenoxy) is 1. The van der Waals surface area contributed by atoms with Gasteiger partial charge in [0.1, 0.15) is 0 Å². The number of hydrogen-bond donors (Lipinski definition) is 1. The largest absolute Gasteiger partial charge is 0.481 e. The Kier molecular flexibility index (Phi) is 9.38. The third-order valence-electron chi connectivity index (χ3n) is 2.13. The van der Waals surface area contributed by atoms with E-state index >= 15 is 0 Å². The monoisotopic (exact) mass is 252 g/mol. The van der Waals surface area contributed by atoms with Crippen molar-refractivity contribution in [3.63, 3.8) is 0 Å². The van der Waals surface area contributed by atoms with Gasteiger partial charge >= 0.3 is 11.9 Å². The van der Waals surface area contributed by atoms with Crippen LogP contribution in [0, 0.1) is 11.8 Å². The molecule has 0 bridgehead atoms. The molecule has 0 aliphatic heterocycles. The molecule has 0 rings (SSSR count). The van der Waals surface area contributed by atoms with Crippen LogP contribution in [0.2, 0.25) is 0 Å². The lowest BCUT2D eigenvalue weighted by Gasteiger charge is -2.02. The van der Waals surface area contributed by atoms with Crippen LogP contribution in [-0.4, -0.2) is 23.7 Å². The fraction of sp³-hybridized carbons (Fsp3) is 0.571. The molecule has 0 aromatic rings. The number of unbranched alkanes of at least 4 members (excludes halogenated alkanes) is 3. The summed E-state index contributed by atoms with van der Waals surface area (Å²) < 4.78 is 4.76. The minimum Gasteiger partial charge on any atom is -0.481 e. The van der Waals surface area contributed by atoms with Gasteiger partial charge in [-0.1, -0.05) is 31.6 Å². The van der Waals surface area contributed by atoms with Gasteiger partial charge < -0.3 is 9.84 Å². The minimum absolute atomic E-state index is 0.0901. The molecule has 0 aliphatic carbocycles. The van der Waals surface area contributed by atoms with Crippen molar-refractivity contribution < 1.29 is 19.4 Å². The number of aliphatic carboxylic acids is 1. The number of rotatable bonds is 7. The SMILES string of the molecule is CCCCCC#C/C=C(\CC(=O)O)C(=O)OCC. The maximum Gasteiger partial charge on any atom is 0.335 e. The topological polar surface area (TPSA) is 63.6 Å². The Labute approximate surface area is 108 Å². The molecule has 4 nitrogen and oxygen atoms in total. The van der Waals surface area contributed by atoms with E-state index < -0.39 is 11.9 Å². The molecule has 0 spiro atoms. The number of hydrogen-bond acceptors (Lipinski definition) is 3. The molecule has 18 heavy (non-hydrogen) atoms. The van der Waals surface area contributed by atoms with Crippen LogP contribution in [0.15, 0.2) is 11.6 Å². The smallest absolute Gasteiger partial charge is 0.335 e. The highest BCUT2D eigenvalue weighted by Gasteiger charge is 2.13. The first kappa shape index (κ1) is 16.2. The van der Waals surface area contributed by atoms with E-state index in [4.69, 9.17) is 9.84 Å². The molecule has 0 unspecified atom stereocenters. The first-order chi connectivity index (χ1) is 8.61. The number of carbonyl (C=O) groups is 2. The maximum atomic E-state index is 11.4. The maximum absolute atomic E-state index is 11.4. The zero-order chi connectivity index (χ0) is 13.8. The summed E-state index contributed by atoms with van der Waals surface area (Å²) in [5.74, 6) is 3.93. The summed E-state index contributed by atoms with van der Waals surface area (Å²) in [4.78, 5) is 22.0. The van der Waals surface area contributed by atoms with Crippen LogP contribution < -0.4 is 0 Å². The zero-order valence-corrected chi connectivity index (χ0v) is 11.0. The molecule has 0 aromatic carbocycles. The van der Waals surface area contributed by atoms with Crippen molar-refractivity contribution >= 4 is 11.9 Å². The summed E-state index contributed by atoms with van der Waals surface area (Å²) in [5.41, 5.74) is 0.0901. The number of allylic oxidation sites excluding steroid dienone is 1. The quantitative estimate of drug-likeness (QED) is 0.327. The molecule has 0 heterocycles. The van der Waals surface area contributed by atoms with Crippen molar-refractivity contribution in [3.05, 3.63) is 11.6 Å². The van der Waals surface area contributed by atoms with Crippen LogP contribution in [0.5, 0.6) is 0 Å². The molecular formula is C14H20O4. The molecule has 100 valence electrons. The second-order valence-corrected chi connectivity index (χ2v) is 3.74. The highest BCUT2D eigenvalue weighted by Crippen LogP contribution is 2.04. The fourth-order valence-electron chi connectivity index (χ4n) is 1.24. The Balaban J connectivity index is 4.44. The second-order valence-electron chi connectivity index (χ2n) is 3.74. The molecule has 0 saturated carbocycles. The normalized spacial score (nSPS) is 10.4. The second kappa shape index (κ2) is 10.4. The summed E-state index contributed by atoms with van der Waals surface area (Å²) in [6.45, 7) is 4.01. The molecule has 4 heteroatoms. The van der Waals surface area contributed by atoms with Crippen LogP contribution in [0.3, 0.4) is 0 Å². The standard InChI is InChI=1S/C14H20O4/c1-3-5-6-7-8-9-10-12(11-13(15)16)14(17)18-4-2/h10H,3-7,11H2,1-2H3,(H,15,16)/b12-10+. The van der Waals surface area contributed by atoms with Crippen molar-refractivity contribution in [3.8, 4) is 11.8 Å². The third-order valence-corrected chi connectivity index (χ3v) is 2.13. The summed E-state index contributed by atoms with van der Waals surface area (Å²) in [6, 6.07) is 0.